The lowest BCUT2D eigenvalue weighted by molar-refractivity contribution is -0.139. The van der Waals surface area contributed by atoms with Crippen molar-refractivity contribution in [2.24, 2.45) is 5.73 Å². The number of ether oxygens (including phenoxy) is 2. The first-order valence-electron chi connectivity index (χ1n) is 12.2. The second-order valence-corrected chi connectivity index (χ2v) is 9.87. The van der Waals surface area contributed by atoms with Gasteiger partial charge in [-0.25, -0.2) is 9.59 Å². The van der Waals surface area contributed by atoms with Crippen LogP contribution in [0.15, 0.2) is 77.3 Å². The number of nitrogens with two attached hydrogens (primary N) is 1. The van der Waals surface area contributed by atoms with Crippen molar-refractivity contribution in [3.63, 3.8) is 0 Å². The molecule has 12 heteroatoms. The molecule has 42 heavy (non-hydrogen) atoms. The second-order valence-electron chi connectivity index (χ2n) is 9.11. The van der Waals surface area contributed by atoms with Crippen LogP contribution in [0.4, 0.5) is 5.69 Å². The molecule has 5 rings (SSSR count). The molecule has 0 saturated carbocycles. The molecule has 0 amide bonds. The molecule has 1 aliphatic heterocycles. The Hall–Kier alpha value is -5.11. The standard InChI is InChI=1S/C30H19Cl2N3O7/c1-41-29(39)19-17(13-8-4-3-5-9-13)16(12-33)28(34)35(24(19)30(40)42-2)23-18-20(27(38)22(32)21(23)31)26(37)15-11-7-6-10-14(15)25(18)36/h3-11,17,38H,34H2,1-2H3. The van der Waals surface area contributed by atoms with E-state index in [0.717, 1.165) is 19.1 Å². The highest BCUT2D eigenvalue weighted by Gasteiger charge is 2.47. The normalized spacial score (nSPS) is 16.1. The molecule has 1 atom stereocenters. The lowest BCUT2D eigenvalue weighted by Gasteiger charge is -2.38. The number of nitriles is 1. The lowest BCUT2D eigenvalue weighted by Crippen LogP contribution is -2.42. The number of phenolic OH excluding ortho intramolecular Hbond substituents is 1. The van der Waals surface area contributed by atoms with E-state index in [1.807, 2.05) is 6.07 Å². The van der Waals surface area contributed by atoms with Crippen LogP contribution in [-0.4, -0.2) is 42.8 Å². The molecular weight excluding hydrogens is 585 g/mol. The van der Waals surface area contributed by atoms with E-state index in [1.165, 1.54) is 18.2 Å². The van der Waals surface area contributed by atoms with Gasteiger partial charge in [0.15, 0.2) is 11.6 Å². The number of fused-ring (bicyclic) bond motifs is 2. The van der Waals surface area contributed by atoms with Crippen LogP contribution in [0.25, 0.3) is 0 Å². The Labute approximate surface area is 248 Å². The lowest BCUT2D eigenvalue weighted by atomic mass is 9.79. The molecule has 0 spiro atoms. The number of aromatic hydroxyl groups is 1. The predicted molar refractivity (Wildman–Crippen MR) is 151 cm³/mol. The van der Waals surface area contributed by atoms with Crippen molar-refractivity contribution in [2.75, 3.05) is 19.1 Å². The summed E-state index contributed by atoms with van der Waals surface area (Å²) < 4.78 is 10.1. The summed E-state index contributed by atoms with van der Waals surface area (Å²) in [6.45, 7) is 0. The molecule has 2 aliphatic rings. The minimum atomic E-state index is -1.20. The van der Waals surface area contributed by atoms with Gasteiger partial charge in [0.2, 0.25) is 0 Å². The summed E-state index contributed by atoms with van der Waals surface area (Å²) in [7, 11) is 2.13. The zero-order chi connectivity index (χ0) is 30.5. The SMILES string of the molecule is COC(=O)C1=C(C(=O)OC)N(c2c(Cl)c(Cl)c(O)c3c2C(=O)c2ccccc2C3=O)C(N)=C(C#N)C1c1ccccc1. The van der Waals surface area contributed by atoms with Crippen molar-refractivity contribution in [1.82, 2.24) is 0 Å². The molecular formula is C30H19Cl2N3O7. The largest absolute Gasteiger partial charge is 0.506 e. The van der Waals surface area contributed by atoms with Crippen LogP contribution in [0.3, 0.4) is 0 Å². The minimum Gasteiger partial charge on any atom is -0.506 e. The van der Waals surface area contributed by atoms with Gasteiger partial charge in [0.05, 0.1) is 59.2 Å². The van der Waals surface area contributed by atoms with Crippen molar-refractivity contribution < 1.29 is 33.8 Å². The molecule has 3 aromatic rings. The van der Waals surface area contributed by atoms with Gasteiger partial charge in [-0.2, -0.15) is 5.26 Å². The average molecular weight is 604 g/mol. The van der Waals surface area contributed by atoms with E-state index in [9.17, 15) is 29.5 Å². The molecule has 0 saturated heterocycles. The van der Waals surface area contributed by atoms with Crippen molar-refractivity contribution in [2.45, 2.75) is 5.92 Å². The summed E-state index contributed by atoms with van der Waals surface area (Å²) >= 11 is 13.0. The van der Waals surface area contributed by atoms with E-state index in [0.29, 0.717) is 5.56 Å². The molecule has 3 aromatic carbocycles. The number of esters is 2. The fourth-order valence-corrected chi connectivity index (χ4v) is 5.66. The van der Waals surface area contributed by atoms with E-state index < -0.39 is 73.6 Å². The molecule has 3 N–H and O–H groups in total. The van der Waals surface area contributed by atoms with Crippen LogP contribution in [0.5, 0.6) is 5.75 Å². The highest BCUT2D eigenvalue weighted by atomic mass is 35.5. The second kappa shape index (κ2) is 10.7. The number of phenols is 1. The van der Waals surface area contributed by atoms with Gasteiger partial charge in [-0.15, -0.1) is 0 Å². The Balaban J connectivity index is 1.96. The molecule has 0 radical (unpaired) electrons. The van der Waals surface area contributed by atoms with E-state index in [-0.39, 0.29) is 22.3 Å². The Bertz CT molecular complexity index is 1840. The zero-order valence-corrected chi connectivity index (χ0v) is 23.4. The van der Waals surface area contributed by atoms with Crippen LogP contribution < -0.4 is 10.6 Å². The maximum Gasteiger partial charge on any atom is 0.355 e. The highest BCUT2D eigenvalue weighted by Crippen LogP contribution is 2.52. The van der Waals surface area contributed by atoms with Crippen molar-refractivity contribution >= 4 is 52.4 Å². The maximum atomic E-state index is 14.0. The van der Waals surface area contributed by atoms with E-state index in [1.54, 1.807) is 36.4 Å². The molecule has 0 fully saturated rings. The molecule has 1 unspecified atom stereocenters. The Kier molecular flexibility index (Phi) is 7.24. The third kappa shape index (κ3) is 4.02. The smallest absolute Gasteiger partial charge is 0.355 e. The Morgan fingerprint density at radius 3 is 2.00 bits per heavy atom. The zero-order valence-electron chi connectivity index (χ0n) is 21.9. The number of hydrogen-bond donors (Lipinski definition) is 2. The number of ketones is 2. The first-order chi connectivity index (χ1) is 20.1. The van der Waals surface area contributed by atoms with Crippen molar-refractivity contribution in [3.05, 3.63) is 115 Å². The van der Waals surface area contributed by atoms with Gasteiger partial charge in [-0.3, -0.25) is 14.5 Å². The van der Waals surface area contributed by atoms with Gasteiger partial charge in [-0.05, 0) is 5.56 Å². The number of benzene rings is 3. The van der Waals surface area contributed by atoms with Crippen LogP contribution in [-0.2, 0) is 19.1 Å². The van der Waals surface area contributed by atoms with Gasteiger partial charge in [0.25, 0.3) is 0 Å². The number of carbonyl (C=O) groups excluding carboxylic acids is 4. The van der Waals surface area contributed by atoms with Crippen LogP contribution in [0, 0.1) is 11.3 Å². The fraction of sp³-hybridized carbons (Fsp3) is 0.100. The predicted octanol–water partition coefficient (Wildman–Crippen LogP) is 4.37. The van der Waals surface area contributed by atoms with E-state index in [2.05, 4.69) is 0 Å². The Morgan fingerprint density at radius 2 is 1.45 bits per heavy atom. The molecule has 10 nitrogen and oxygen atoms in total. The van der Waals surface area contributed by atoms with E-state index >= 15 is 0 Å². The van der Waals surface area contributed by atoms with Gasteiger partial charge in [0.1, 0.15) is 22.3 Å². The third-order valence-corrected chi connectivity index (χ3v) is 7.87. The van der Waals surface area contributed by atoms with Gasteiger partial charge in [-0.1, -0.05) is 77.8 Å². The maximum absolute atomic E-state index is 14.0. The van der Waals surface area contributed by atoms with Gasteiger partial charge < -0.3 is 20.3 Å². The summed E-state index contributed by atoms with van der Waals surface area (Å²) in [5.74, 6) is -6.02. The molecule has 1 aliphatic carbocycles. The summed E-state index contributed by atoms with van der Waals surface area (Å²) in [5, 5.41) is 20.2. The number of halogens is 2. The van der Waals surface area contributed by atoms with Crippen LogP contribution in [0.1, 0.15) is 43.3 Å². The summed E-state index contributed by atoms with van der Waals surface area (Å²) in [6, 6.07) is 16.2. The quantitative estimate of drug-likeness (QED) is 0.320. The van der Waals surface area contributed by atoms with Gasteiger partial charge in [0, 0.05) is 11.1 Å². The summed E-state index contributed by atoms with van der Waals surface area (Å²) in [6.07, 6.45) is 0. The Morgan fingerprint density at radius 1 is 0.905 bits per heavy atom. The van der Waals surface area contributed by atoms with Crippen LogP contribution >= 0.6 is 23.2 Å². The number of rotatable bonds is 4. The number of hydrogen-bond acceptors (Lipinski definition) is 10. The average Bonchev–Trinajstić information content (AvgIpc) is 3.01. The monoisotopic (exact) mass is 603 g/mol. The van der Waals surface area contributed by atoms with Gasteiger partial charge >= 0.3 is 11.9 Å². The summed E-state index contributed by atoms with van der Waals surface area (Å²) in [5.41, 5.74) is 4.49. The molecule has 1 heterocycles. The number of allylic oxidation sites excluding steroid dienone is 1. The first-order valence-corrected chi connectivity index (χ1v) is 12.9. The third-order valence-electron chi connectivity index (χ3n) is 7.04. The highest BCUT2D eigenvalue weighted by molar-refractivity contribution is 6.47. The van der Waals surface area contributed by atoms with E-state index in [4.69, 9.17) is 38.4 Å². The van der Waals surface area contributed by atoms with Crippen molar-refractivity contribution in [1.29, 1.82) is 5.26 Å². The molecule has 210 valence electrons. The molecule has 0 aromatic heterocycles. The topological polar surface area (TPSA) is 160 Å². The number of methoxy groups -OCH3 is 2. The number of nitrogens with zero attached hydrogens (tertiary/aromatic N) is 2. The molecule has 0 bridgehead atoms. The number of carbonyl (C=O) groups is 4. The number of anilines is 1. The van der Waals surface area contributed by atoms with Crippen molar-refractivity contribution in [3.8, 4) is 11.8 Å². The summed E-state index contributed by atoms with van der Waals surface area (Å²) in [4.78, 5) is 55.3. The van der Waals surface area contributed by atoms with Crippen LogP contribution in [0.2, 0.25) is 10.0 Å². The minimum absolute atomic E-state index is 0.00219. The first kappa shape index (κ1) is 28.4. The fourth-order valence-electron chi connectivity index (χ4n) is 5.21.